The minimum Gasteiger partial charge on any atom is -0.396 e. The van der Waals surface area contributed by atoms with Crippen LogP contribution in [0.1, 0.15) is 45.6 Å². The van der Waals surface area contributed by atoms with Gasteiger partial charge in [-0.05, 0) is 62.5 Å². The number of benzene rings is 1. The monoisotopic (exact) mass is 530 g/mol. The fourth-order valence-electron chi connectivity index (χ4n) is 4.15. The van der Waals surface area contributed by atoms with Crippen molar-refractivity contribution in [1.29, 1.82) is 0 Å². The highest BCUT2D eigenvalue weighted by molar-refractivity contribution is 14.0. The fraction of sp³-hybridized carbons (Fsp3) is 0.708. The lowest BCUT2D eigenvalue weighted by molar-refractivity contribution is 0.245. The van der Waals surface area contributed by atoms with Crippen molar-refractivity contribution in [1.82, 2.24) is 15.5 Å². The molecule has 0 saturated carbocycles. The summed E-state index contributed by atoms with van der Waals surface area (Å²) in [6.45, 7) is 13.0. The molecule has 1 saturated heterocycles. The Morgan fingerprint density at radius 2 is 2.00 bits per heavy atom. The molecule has 2 atom stereocenters. The number of aliphatic hydroxyl groups is 1. The van der Waals surface area contributed by atoms with Crippen molar-refractivity contribution >= 4 is 29.9 Å². The second-order valence-corrected chi connectivity index (χ2v) is 8.80. The van der Waals surface area contributed by atoms with Gasteiger partial charge in [0.25, 0.3) is 0 Å². The van der Waals surface area contributed by atoms with Crippen LogP contribution in [0.2, 0.25) is 0 Å². The van der Waals surface area contributed by atoms with Gasteiger partial charge in [0.1, 0.15) is 0 Å². The molecule has 172 valence electrons. The maximum atomic E-state index is 9.32. The molecular formula is C24H43IN4O. The number of aliphatic imine (C=N–C) groups is 1. The zero-order valence-corrected chi connectivity index (χ0v) is 21.5. The Morgan fingerprint density at radius 1 is 1.23 bits per heavy atom. The first-order valence-corrected chi connectivity index (χ1v) is 11.5. The maximum absolute atomic E-state index is 9.32. The van der Waals surface area contributed by atoms with Crippen LogP contribution in [0.3, 0.4) is 0 Å². The van der Waals surface area contributed by atoms with Gasteiger partial charge in [-0.3, -0.25) is 4.99 Å². The molecule has 2 rings (SSSR count). The van der Waals surface area contributed by atoms with Crippen LogP contribution in [0, 0.1) is 17.8 Å². The minimum atomic E-state index is 0. The number of nitrogens with zero attached hydrogens (tertiary/aromatic N) is 2. The van der Waals surface area contributed by atoms with Crippen LogP contribution in [-0.2, 0) is 6.42 Å². The molecule has 5 nitrogen and oxygen atoms in total. The number of guanidine groups is 1. The van der Waals surface area contributed by atoms with E-state index in [2.05, 4.69) is 66.6 Å². The largest absolute Gasteiger partial charge is 0.396 e. The molecule has 1 aromatic rings. The van der Waals surface area contributed by atoms with Crippen LogP contribution in [0.4, 0.5) is 0 Å². The van der Waals surface area contributed by atoms with E-state index in [1.165, 1.54) is 25.1 Å². The minimum absolute atomic E-state index is 0. The third-order valence-electron chi connectivity index (χ3n) is 5.68. The lowest BCUT2D eigenvalue weighted by atomic mass is 9.94. The number of hydrogen-bond acceptors (Lipinski definition) is 3. The summed E-state index contributed by atoms with van der Waals surface area (Å²) >= 11 is 0. The summed E-state index contributed by atoms with van der Waals surface area (Å²) in [6, 6.07) is 10.8. The van der Waals surface area contributed by atoms with Gasteiger partial charge in [0.15, 0.2) is 5.96 Å². The van der Waals surface area contributed by atoms with Crippen molar-refractivity contribution in [2.75, 3.05) is 45.9 Å². The predicted molar refractivity (Wildman–Crippen MR) is 139 cm³/mol. The van der Waals surface area contributed by atoms with Gasteiger partial charge in [0.2, 0.25) is 0 Å². The van der Waals surface area contributed by atoms with Gasteiger partial charge in [-0.15, -0.1) is 24.0 Å². The number of nitrogens with one attached hydrogen (secondary N) is 2. The second-order valence-electron chi connectivity index (χ2n) is 8.80. The van der Waals surface area contributed by atoms with Gasteiger partial charge in [-0.1, -0.05) is 44.2 Å². The maximum Gasteiger partial charge on any atom is 0.191 e. The van der Waals surface area contributed by atoms with Crippen molar-refractivity contribution in [3.05, 3.63) is 35.9 Å². The van der Waals surface area contributed by atoms with E-state index in [0.717, 1.165) is 51.4 Å². The molecule has 0 amide bonds. The normalized spacial score (nSPS) is 18.3. The highest BCUT2D eigenvalue weighted by Gasteiger charge is 2.22. The van der Waals surface area contributed by atoms with Crippen LogP contribution in [0.15, 0.2) is 35.3 Å². The molecule has 1 fully saturated rings. The van der Waals surface area contributed by atoms with Crippen molar-refractivity contribution in [2.45, 2.75) is 46.5 Å². The van der Waals surface area contributed by atoms with Crippen molar-refractivity contribution in [2.24, 2.45) is 22.7 Å². The molecule has 2 unspecified atom stereocenters. The Kier molecular flexibility index (Phi) is 14.4. The molecule has 0 radical (unpaired) electrons. The van der Waals surface area contributed by atoms with Crippen molar-refractivity contribution in [3.8, 4) is 0 Å². The lowest BCUT2D eigenvalue weighted by Crippen LogP contribution is -2.40. The first-order valence-electron chi connectivity index (χ1n) is 11.5. The standard InChI is InChI=1S/C24H42N4O.HI/c1-4-25-24(26-17-22(12-15-29)16-20(2)3)27-18-23-11-14-28(19-23)13-10-21-8-6-5-7-9-21;/h5-9,20,22-23,29H,4,10-19H2,1-3H3,(H2,25,26,27);1H. The number of rotatable bonds is 12. The van der Waals surface area contributed by atoms with E-state index in [9.17, 15) is 5.11 Å². The van der Waals surface area contributed by atoms with Crippen LogP contribution in [0.25, 0.3) is 0 Å². The molecule has 1 aliphatic heterocycles. The van der Waals surface area contributed by atoms with Gasteiger partial charge in [-0.25, -0.2) is 0 Å². The Hall–Kier alpha value is -0.860. The lowest BCUT2D eigenvalue weighted by Gasteiger charge is -2.19. The summed E-state index contributed by atoms with van der Waals surface area (Å²) in [5.74, 6) is 2.69. The molecule has 0 aliphatic carbocycles. The molecule has 6 heteroatoms. The van der Waals surface area contributed by atoms with Gasteiger partial charge in [0.05, 0.1) is 0 Å². The van der Waals surface area contributed by atoms with E-state index >= 15 is 0 Å². The van der Waals surface area contributed by atoms with Crippen LogP contribution in [-0.4, -0.2) is 61.8 Å². The van der Waals surface area contributed by atoms with Crippen LogP contribution in [0.5, 0.6) is 0 Å². The third-order valence-corrected chi connectivity index (χ3v) is 5.68. The summed E-state index contributed by atoms with van der Waals surface area (Å²) in [6.07, 6.45) is 4.33. The first kappa shape index (κ1) is 27.2. The molecule has 1 heterocycles. The smallest absolute Gasteiger partial charge is 0.191 e. The van der Waals surface area contributed by atoms with Gasteiger partial charge >= 0.3 is 0 Å². The summed E-state index contributed by atoms with van der Waals surface area (Å²) in [7, 11) is 0. The molecule has 30 heavy (non-hydrogen) atoms. The SMILES string of the molecule is CCNC(=NCC(CCO)CC(C)C)NCC1CCN(CCc2ccccc2)C1.I. The number of hydrogen-bond donors (Lipinski definition) is 3. The highest BCUT2D eigenvalue weighted by Crippen LogP contribution is 2.17. The molecule has 0 aromatic heterocycles. The Morgan fingerprint density at radius 3 is 2.67 bits per heavy atom. The Balaban J connectivity index is 0.00000450. The van der Waals surface area contributed by atoms with Crippen molar-refractivity contribution < 1.29 is 5.11 Å². The zero-order chi connectivity index (χ0) is 20.9. The average molecular weight is 531 g/mol. The predicted octanol–water partition coefficient (Wildman–Crippen LogP) is 3.77. The molecule has 0 bridgehead atoms. The van der Waals surface area contributed by atoms with E-state index < -0.39 is 0 Å². The summed E-state index contributed by atoms with van der Waals surface area (Å²) < 4.78 is 0. The molecule has 3 N–H and O–H groups in total. The van der Waals surface area contributed by atoms with Gasteiger partial charge in [-0.2, -0.15) is 0 Å². The highest BCUT2D eigenvalue weighted by atomic mass is 127. The molecule has 0 spiro atoms. The number of aliphatic hydroxyl groups excluding tert-OH is 1. The summed E-state index contributed by atoms with van der Waals surface area (Å²) in [4.78, 5) is 7.40. The summed E-state index contributed by atoms with van der Waals surface area (Å²) in [5.41, 5.74) is 1.43. The van der Waals surface area contributed by atoms with Crippen molar-refractivity contribution in [3.63, 3.8) is 0 Å². The van der Waals surface area contributed by atoms with E-state index in [1.807, 2.05) is 0 Å². The quantitative estimate of drug-likeness (QED) is 0.219. The number of likely N-dealkylation sites (tertiary alicyclic amines) is 1. The first-order chi connectivity index (χ1) is 14.1. The van der Waals surface area contributed by atoms with E-state index in [0.29, 0.717) is 17.8 Å². The Bertz CT molecular complexity index is 582. The zero-order valence-electron chi connectivity index (χ0n) is 19.1. The van der Waals surface area contributed by atoms with E-state index in [-0.39, 0.29) is 30.6 Å². The fourth-order valence-corrected chi connectivity index (χ4v) is 4.15. The second kappa shape index (κ2) is 15.9. The molecule has 1 aliphatic rings. The average Bonchev–Trinajstić information content (AvgIpc) is 3.17. The van der Waals surface area contributed by atoms with E-state index in [4.69, 9.17) is 4.99 Å². The topological polar surface area (TPSA) is 59.9 Å². The molecular weight excluding hydrogens is 487 g/mol. The third kappa shape index (κ3) is 11.0. The van der Waals surface area contributed by atoms with Crippen LogP contribution >= 0.6 is 24.0 Å². The van der Waals surface area contributed by atoms with Crippen LogP contribution < -0.4 is 10.6 Å². The molecule has 1 aromatic carbocycles. The Labute approximate surface area is 201 Å². The summed E-state index contributed by atoms with van der Waals surface area (Å²) in [5, 5.41) is 16.3. The number of halogens is 1. The van der Waals surface area contributed by atoms with Gasteiger partial charge in [0, 0.05) is 39.3 Å². The van der Waals surface area contributed by atoms with Gasteiger partial charge < -0.3 is 20.6 Å². The van der Waals surface area contributed by atoms with E-state index in [1.54, 1.807) is 0 Å².